The Morgan fingerprint density at radius 2 is 2.23 bits per heavy atom. The van der Waals surface area contributed by atoms with Crippen LogP contribution in [0.4, 0.5) is 0 Å². The van der Waals surface area contributed by atoms with Crippen LogP contribution in [0.3, 0.4) is 0 Å². The van der Waals surface area contributed by atoms with Gasteiger partial charge in [0.25, 0.3) is 0 Å². The van der Waals surface area contributed by atoms with E-state index in [2.05, 4.69) is 15.0 Å². The Bertz CT molecular complexity index is 680. The van der Waals surface area contributed by atoms with Crippen LogP contribution in [-0.4, -0.2) is 43.2 Å². The van der Waals surface area contributed by atoms with Crippen LogP contribution in [0.25, 0.3) is 0 Å². The molecule has 1 aliphatic rings. The SMILES string of the molecule is COC(=O)CCNC(=O)[C@@H]1O[P@@](=O)(OCc2cccnc2)OCC1(C)C. The van der Waals surface area contributed by atoms with E-state index in [9.17, 15) is 14.2 Å². The van der Waals surface area contributed by atoms with Gasteiger partial charge in [-0.2, -0.15) is 0 Å². The van der Waals surface area contributed by atoms with E-state index in [4.69, 9.17) is 13.6 Å². The predicted octanol–water partition coefficient (Wildman–Crippen LogP) is 1.83. The minimum Gasteiger partial charge on any atom is -0.469 e. The summed E-state index contributed by atoms with van der Waals surface area (Å²) in [4.78, 5) is 27.5. The molecule has 144 valence electrons. The number of carbonyl (C=O) groups is 2. The summed E-state index contributed by atoms with van der Waals surface area (Å²) < 4.78 is 33.2. The van der Waals surface area contributed by atoms with Crippen molar-refractivity contribution in [3.63, 3.8) is 0 Å². The van der Waals surface area contributed by atoms with Gasteiger partial charge in [0.2, 0.25) is 5.91 Å². The molecule has 2 atom stereocenters. The number of ether oxygens (including phenoxy) is 1. The smallest absolute Gasteiger partial charge is 0.469 e. The Morgan fingerprint density at radius 3 is 2.88 bits per heavy atom. The van der Waals surface area contributed by atoms with Crippen LogP contribution >= 0.6 is 7.82 Å². The summed E-state index contributed by atoms with van der Waals surface area (Å²) in [6, 6.07) is 3.47. The van der Waals surface area contributed by atoms with Crippen molar-refractivity contribution in [2.75, 3.05) is 20.3 Å². The molecule has 0 aromatic carbocycles. The van der Waals surface area contributed by atoms with Crippen molar-refractivity contribution in [2.45, 2.75) is 33.0 Å². The molecule has 2 heterocycles. The maximum Gasteiger partial charge on any atom is 0.475 e. The molecule has 1 N–H and O–H groups in total. The number of amides is 1. The lowest BCUT2D eigenvalue weighted by atomic mass is 9.87. The topological polar surface area (TPSA) is 113 Å². The van der Waals surface area contributed by atoms with Gasteiger partial charge in [-0.1, -0.05) is 19.9 Å². The van der Waals surface area contributed by atoms with Gasteiger partial charge in [-0.25, -0.2) is 4.57 Å². The van der Waals surface area contributed by atoms with Gasteiger partial charge in [0.05, 0.1) is 26.7 Å². The van der Waals surface area contributed by atoms with Gasteiger partial charge in [-0.05, 0) is 11.6 Å². The molecular formula is C16H23N2O7P. The molecule has 0 aliphatic carbocycles. The van der Waals surface area contributed by atoms with E-state index < -0.39 is 31.2 Å². The van der Waals surface area contributed by atoms with Crippen LogP contribution < -0.4 is 5.32 Å². The van der Waals surface area contributed by atoms with E-state index in [1.165, 1.54) is 7.11 Å². The third-order valence-electron chi connectivity index (χ3n) is 3.75. The molecule has 0 unspecified atom stereocenters. The molecule has 9 nitrogen and oxygen atoms in total. The number of phosphoric ester groups is 1. The fraction of sp³-hybridized carbons (Fsp3) is 0.562. The Kier molecular flexibility index (Phi) is 6.88. The quantitative estimate of drug-likeness (QED) is 0.558. The summed E-state index contributed by atoms with van der Waals surface area (Å²) in [7, 11) is -2.64. The maximum atomic E-state index is 12.7. The molecule has 1 aliphatic heterocycles. The first-order valence-electron chi connectivity index (χ1n) is 8.07. The molecular weight excluding hydrogens is 363 g/mol. The van der Waals surface area contributed by atoms with Crippen molar-refractivity contribution in [1.29, 1.82) is 0 Å². The van der Waals surface area contributed by atoms with Crippen LogP contribution in [0.2, 0.25) is 0 Å². The zero-order valence-electron chi connectivity index (χ0n) is 15.0. The van der Waals surface area contributed by atoms with E-state index in [-0.39, 0.29) is 26.2 Å². The summed E-state index contributed by atoms with van der Waals surface area (Å²) in [6.07, 6.45) is 2.16. The summed E-state index contributed by atoms with van der Waals surface area (Å²) in [6.45, 7) is 3.59. The number of esters is 1. The van der Waals surface area contributed by atoms with Crippen molar-refractivity contribution < 1.29 is 32.5 Å². The molecule has 1 amide bonds. The summed E-state index contributed by atoms with van der Waals surface area (Å²) in [5, 5.41) is 2.58. The number of rotatable bonds is 7. The Labute approximate surface area is 152 Å². The monoisotopic (exact) mass is 386 g/mol. The van der Waals surface area contributed by atoms with Crippen molar-refractivity contribution in [1.82, 2.24) is 10.3 Å². The van der Waals surface area contributed by atoms with Gasteiger partial charge in [0, 0.05) is 24.4 Å². The zero-order valence-corrected chi connectivity index (χ0v) is 15.9. The number of pyridine rings is 1. The van der Waals surface area contributed by atoms with Gasteiger partial charge < -0.3 is 10.1 Å². The average Bonchev–Trinajstić information content (AvgIpc) is 2.63. The Hall–Kier alpha value is -1.80. The molecule has 1 aromatic rings. The summed E-state index contributed by atoms with van der Waals surface area (Å²) >= 11 is 0. The van der Waals surface area contributed by atoms with Gasteiger partial charge in [0.1, 0.15) is 0 Å². The number of hydrogen-bond donors (Lipinski definition) is 1. The summed E-state index contributed by atoms with van der Waals surface area (Å²) in [5.41, 5.74) is -0.0279. The van der Waals surface area contributed by atoms with Crippen molar-refractivity contribution in [2.24, 2.45) is 5.41 Å². The minimum atomic E-state index is -3.91. The highest BCUT2D eigenvalue weighted by molar-refractivity contribution is 7.48. The predicted molar refractivity (Wildman–Crippen MR) is 90.9 cm³/mol. The fourth-order valence-corrected chi connectivity index (χ4v) is 3.85. The normalized spacial score (nSPS) is 24.7. The lowest BCUT2D eigenvalue weighted by Crippen LogP contribution is -2.49. The van der Waals surface area contributed by atoms with E-state index in [0.29, 0.717) is 5.56 Å². The van der Waals surface area contributed by atoms with Crippen LogP contribution in [-0.2, 0) is 39.1 Å². The number of aromatic nitrogens is 1. The van der Waals surface area contributed by atoms with Crippen LogP contribution in [0.15, 0.2) is 24.5 Å². The lowest BCUT2D eigenvalue weighted by molar-refractivity contribution is -0.143. The highest BCUT2D eigenvalue weighted by Gasteiger charge is 2.49. The number of methoxy groups -OCH3 is 1. The first kappa shape index (κ1) is 20.5. The fourth-order valence-electron chi connectivity index (χ4n) is 2.21. The third kappa shape index (κ3) is 5.60. The van der Waals surface area contributed by atoms with E-state index in [0.717, 1.165) is 0 Å². The molecule has 0 radical (unpaired) electrons. The maximum absolute atomic E-state index is 12.7. The average molecular weight is 386 g/mol. The lowest BCUT2D eigenvalue weighted by Gasteiger charge is -2.39. The van der Waals surface area contributed by atoms with Gasteiger partial charge >= 0.3 is 13.8 Å². The number of hydrogen-bond acceptors (Lipinski definition) is 8. The number of phosphoric acid groups is 1. The molecule has 10 heteroatoms. The molecule has 0 bridgehead atoms. The van der Waals surface area contributed by atoms with Crippen LogP contribution in [0.1, 0.15) is 25.8 Å². The summed E-state index contributed by atoms with van der Waals surface area (Å²) in [5.74, 6) is -0.935. The van der Waals surface area contributed by atoms with Gasteiger partial charge in [-0.3, -0.25) is 28.1 Å². The van der Waals surface area contributed by atoms with E-state index in [1.54, 1.807) is 38.4 Å². The van der Waals surface area contributed by atoms with Gasteiger partial charge in [0.15, 0.2) is 6.10 Å². The first-order chi connectivity index (χ1) is 12.3. The molecule has 0 spiro atoms. The number of nitrogens with one attached hydrogen (secondary N) is 1. The van der Waals surface area contributed by atoms with Crippen molar-refractivity contribution in [3.8, 4) is 0 Å². The van der Waals surface area contributed by atoms with Crippen molar-refractivity contribution in [3.05, 3.63) is 30.1 Å². The molecule has 26 heavy (non-hydrogen) atoms. The standard InChI is InChI=1S/C16H23N2O7P/c1-16(2)11-24-26(21,23-10-12-5-4-7-17-9-12)25-14(16)15(20)18-8-6-13(19)22-3/h4-5,7,9,14H,6,8,10-11H2,1-3H3,(H,18,20)/t14-,26-/m0/s1. The highest BCUT2D eigenvalue weighted by atomic mass is 31.2. The van der Waals surface area contributed by atoms with Crippen LogP contribution in [0, 0.1) is 5.41 Å². The molecule has 1 saturated heterocycles. The third-order valence-corrected chi connectivity index (χ3v) is 5.10. The second kappa shape index (κ2) is 8.73. The number of nitrogens with zero attached hydrogens (tertiary/aromatic N) is 1. The Morgan fingerprint density at radius 1 is 1.46 bits per heavy atom. The molecule has 1 fully saturated rings. The number of carbonyl (C=O) groups excluding carboxylic acids is 2. The first-order valence-corrected chi connectivity index (χ1v) is 9.53. The van der Waals surface area contributed by atoms with E-state index in [1.807, 2.05) is 0 Å². The second-order valence-corrected chi connectivity index (χ2v) is 8.07. The Balaban J connectivity index is 1.97. The molecule has 2 rings (SSSR count). The van der Waals surface area contributed by atoms with Gasteiger partial charge in [-0.15, -0.1) is 0 Å². The van der Waals surface area contributed by atoms with E-state index >= 15 is 0 Å². The van der Waals surface area contributed by atoms with Crippen LogP contribution in [0.5, 0.6) is 0 Å². The largest absolute Gasteiger partial charge is 0.475 e. The molecule has 1 aromatic heterocycles. The minimum absolute atomic E-state index is 0.0202. The highest BCUT2D eigenvalue weighted by Crippen LogP contribution is 2.57. The second-order valence-electron chi connectivity index (χ2n) is 6.45. The molecule has 0 saturated carbocycles. The van der Waals surface area contributed by atoms with Crippen molar-refractivity contribution >= 4 is 19.7 Å². The zero-order chi connectivity index (χ0) is 19.2.